The molecule has 0 unspecified atom stereocenters. The summed E-state index contributed by atoms with van der Waals surface area (Å²) in [6, 6.07) is 51.4. The molecule has 0 radical (unpaired) electrons. The minimum absolute atomic E-state index is 0.0304. The predicted molar refractivity (Wildman–Crippen MR) is 257 cm³/mol. The zero-order valence-corrected chi connectivity index (χ0v) is 36.6. The summed E-state index contributed by atoms with van der Waals surface area (Å²) in [6.45, 7) is 1.38. The molecule has 0 aliphatic carbocycles. The van der Waals surface area contributed by atoms with Gasteiger partial charge in [-0.05, 0) is 0 Å². The number of hydrogen-bond acceptors (Lipinski definition) is 9. The van der Waals surface area contributed by atoms with Gasteiger partial charge in [-0.2, -0.15) is 0 Å². The Morgan fingerprint density at radius 2 is 0.781 bits per heavy atom. The molecule has 302 valence electrons. The molecule has 2 aromatic heterocycles. The third kappa shape index (κ3) is 5.34. The van der Waals surface area contributed by atoms with Gasteiger partial charge in [-0.15, -0.1) is 0 Å². The second kappa shape index (κ2) is 13.8. The Labute approximate surface area is 370 Å². The number of aliphatic hydroxyl groups excluding tert-OH is 1. The molecule has 0 spiro atoms. The van der Waals surface area contributed by atoms with E-state index in [2.05, 4.69) is 157 Å². The van der Waals surface area contributed by atoms with E-state index in [0.29, 0.717) is 43.0 Å². The second-order valence-electron chi connectivity index (χ2n) is 16.7. The Bertz CT molecular complexity index is 3770. The molecule has 4 aliphatic rings. The number of aliphatic hydroxyl groups is 1. The molecule has 0 fully saturated rings. The normalized spacial score (nSPS) is 14.7. The van der Waals surface area contributed by atoms with Crippen molar-refractivity contribution in [1.29, 1.82) is 0 Å². The molecule has 4 aliphatic heterocycles. The van der Waals surface area contributed by atoms with Gasteiger partial charge in [0.25, 0.3) is 0 Å². The van der Waals surface area contributed by atoms with Crippen LogP contribution in [0.4, 0.5) is 11.6 Å². The van der Waals surface area contributed by atoms with Crippen molar-refractivity contribution in [2.45, 2.75) is 0 Å². The van der Waals surface area contributed by atoms with Crippen LogP contribution in [-0.4, -0.2) is 78.4 Å². The molecule has 6 heterocycles. The fraction of sp³-hybridized carbons (Fsp3) is 0.0769. The van der Waals surface area contributed by atoms with E-state index in [9.17, 15) is 5.11 Å². The molecule has 10 aromatic rings. The van der Waals surface area contributed by atoms with Gasteiger partial charge >= 0.3 is 372 Å². The summed E-state index contributed by atoms with van der Waals surface area (Å²) in [6.07, 6.45) is 0. The number of rotatable bonds is 6. The number of aromatic nitrogens is 2. The Hall–Kier alpha value is -7.32. The Balaban J connectivity index is 1.21. The number of hydrogen-bond donors (Lipinski definition) is 2. The summed E-state index contributed by atoms with van der Waals surface area (Å²) in [5.41, 5.74) is 5.10. The summed E-state index contributed by atoms with van der Waals surface area (Å²) >= 11 is -3.86. The number of nitrogens with zero attached hydrogens (tertiary/aromatic N) is 8. The van der Waals surface area contributed by atoms with Crippen molar-refractivity contribution >= 4 is 117 Å². The molecule has 8 aromatic carbocycles. The van der Waals surface area contributed by atoms with E-state index in [0.717, 1.165) is 109 Å². The van der Waals surface area contributed by atoms with Gasteiger partial charge in [0.1, 0.15) is 0 Å². The monoisotopic (exact) mass is 885 g/mol. The van der Waals surface area contributed by atoms with Crippen molar-refractivity contribution in [3.8, 4) is 0 Å². The first kappa shape index (κ1) is 36.2. The van der Waals surface area contributed by atoms with Crippen LogP contribution in [0.15, 0.2) is 176 Å². The van der Waals surface area contributed by atoms with Gasteiger partial charge in [0.05, 0.1) is 0 Å². The first-order valence-electron chi connectivity index (χ1n) is 21.6. The van der Waals surface area contributed by atoms with Crippen LogP contribution in [-0.2, 0) is 3.53 Å². The van der Waals surface area contributed by atoms with Crippen LogP contribution >= 0.6 is 0 Å². The van der Waals surface area contributed by atoms with Crippen LogP contribution in [0.25, 0.3) is 64.6 Å². The molecular formula is C52H34GaN9O2. The van der Waals surface area contributed by atoms with Gasteiger partial charge in [0.2, 0.25) is 0 Å². The van der Waals surface area contributed by atoms with Gasteiger partial charge in [-0.1, -0.05) is 0 Å². The van der Waals surface area contributed by atoms with Crippen LogP contribution in [0.3, 0.4) is 0 Å². The van der Waals surface area contributed by atoms with E-state index in [4.69, 9.17) is 33.5 Å². The van der Waals surface area contributed by atoms with Gasteiger partial charge in [0.15, 0.2) is 0 Å². The van der Waals surface area contributed by atoms with Crippen molar-refractivity contribution in [2.75, 3.05) is 26.3 Å². The van der Waals surface area contributed by atoms with Crippen molar-refractivity contribution in [1.82, 2.24) is 11.9 Å². The standard InChI is InChI=1S/C48H24N8.C4H10NO2.Ga/c1-2-10-26-18-34-33(17-25(26)9-1)41-49-42(34)54-44-37-21-29-13-5-6-14-30(29)22-38(37)46(51-44)56-48-40-24-32-16-8-7-15-31(32)23-39(40)47(52-48)55-45-36-20-28-12-4-3-11-27(28)19-35(36)43(50-45)53-41;6-3-1-5-2-4-7;/h1-24H;5-6H,1-4H2;/q-2;-1;+3. The quantitative estimate of drug-likeness (QED) is 0.129. The fourth-order valence-corrected chi connectivity index (χ4v) is 15.1. The number of amidine groups is 4. The van der Waals surface area contributed by atoms with Crippen LogP contribution < -0.4 is 16.3 Å². The van der Waals surface area contributed by atoms with E-state index in [1.165, 1.54) is 0 Å². The van der Waals surface area contributed by atoms with Crippen molar-refractivity contribution in [2.24, 2.45) is 30.0 Å². The van der Waals surface area contributed by atoms with E-state index < -0.39 is 17.1 Å². The molecule has 0 saturated heterocycles. The average Bonchev–Trinajstić information content (AvgIpc) is 4.02. The Morgan fingerprint density at radius 1 is 0.422 bits per heavy atom. The Kier molecular flexibility index (Phi) is 7.82. The first-order valence-corrected chi connectivity index (χ1v) is 24.7. The topological polar surface area (TPSA) is 126 Å². The maximum atomic E-state index is 9.70. The first-order chi connectivity index (χ1) is 31.6. The molecule has 2 N–H and O–H groups in total. The molecule has 0 atom stereocenters. The van der Waals surface area contributed by atoms with Gasteiger partial charge in [-0.3, -0.25) is 0 Å². The summed E-state index contributed by atoms with van der Waals surface area (Å²) in [5, 5.41) is 25.6. The third-order valence-corrected chi connectivity index (χ3v) is 18.0. The summed E-state index contributed by atoms with van der Waals surface area (Å²) < 4.78 is 12.0. The predicted octanol–water partition coefficient (Wildman–Crippen LogP) is 8.13. The van der Waals surface area contributed by atoms with Crippen LogP contribution in [0.1, 0.15) is 22.3 Å². The minimum atomic E-state index is -3.86. The van der Waals surface area contributed by atoms with Crippen LogP contribution in [0.5, 0.6) is 0 Å². The molecule has 6 bridgehead atoms. The molecule has 0 saturated carbocycles. The van der Waals surface area contributed by atoms with Crippen LogP contribution in [0.2, 0.25) is 0 Å². The molecular weight excluding hydrogens is 852 g/mol. The van der Waals surface area contributed by atoms with Gasteiger partial charge in [-0.25, -0.2) is 0 Å². The zero-order chi connectivity index (χ0) is 42.0. The van der Waals surface area contributed by atoms with Gasteiger partial charge < -0.3 is 0 Å². The van der Waals surface area contributed by atoms with E-state index in [-0.39, 0.29) is 6.61 Å². The van der Waals surface area contributed by atoms with Crippen LogP contribution in [0, 0.1) is 0 Å². The number of nitrogens with one attached hydrogen (secondary N) is 1. The number of aliphatic imine (C=N–C) groups is 4. The zero-order valence-electron chi connectivity index (χ0n) is 34.2. The third-order valence-electron chi connectivity index (χ3n) is 12.9. The molecule has 0 amide bonds. The second-order valence-corrected chi connectivity index (χ2v) is 20.9. The van der Waals surface area contributed by atoms with Gasteiger partial charge in [0, 0.05) is 0 Å². The molecule has 14 rings (SSSR count). The van der Waals surface area contributed by atoms with E-state index >= 15 is 0 Å². The molecule has 64 heavy (non-hydrogen) atoms. The summed E-state index contributed by atoms with van der Waals surface area (Å²) in [7, 11) is 0. The summed E-state index contributed by atoms with van der Waals surface area (Å²) in [4.78, 5) is 33.3. The SMILES string of the molecule is OCCNCC[O][Ga]1[n]2c3c4cc5ccccc5cc4c2N=C2N=C(N=c4c5cc6ccccc6cc5c([n]41)=NC1=NC(=N3)c3cc4ccccc4cc31)c1cc3ccccc3cc12. The van der Waals surface area contributed by atoms with E-state index in [1.54, 1.807) is 0 Å². The molecule has 12 heteroatoms. The average molecular weight is 887 g/mol. The van der Waals surface area contributed by atoms with Crippen molar-refractivity contribution in [3.05, 3.63) is 179 Å². The number of fused-ring (bicyclic) bond motifs is 18. The van der Waals surface area contributed by atoms with E-state index in [1.807, 2.05) is 0 Å². The fourth-order valence-electron chi connectivity index (χ4n) is 9.92. The maximum absolute atomic E-state index is 9.70. The Morgan fingerprint density at radius 3 is 1.17 bits per heavy atom. The van der Waals surface area contributed by atoms with Crippen molar-refractivity contribution in [3.63, 3.8) is 0 Å². The number of benzene rings is 8. The molecule has 11 nitrogen and oxygen atoms in total. The van der Waals surface area contributed by atoms with Crippen molar-refractivity contribution < 1.29 is 8.64 Å². The summed E-state index contributed by atoms with van der Waals surface area (Å²) in [5.74, 6) is 3.78.